The van der Waals surface area contributed by atoms with E-state index in [1.54, 1.807) is 35.3 Å². The summed E-state index contributed by atoms with van der Waals surface area (Å²) in [7, 11) is 0. The Kier molecular flexibility index (Phi) is 14.5. The fourth-order valence-electron chi connectivity index (χ4n) is 15.4. The highest BCUT2D eigenvalue weighted by Crippen LogP contribution is 2.62. The van der Waals surface area contributed by atoms with Crippen molar-refractivity contribution in [1.82, 2.24) is 0 Å². The summed E-state index contributed by atoms with van der Waals surface area (Å²) in [5.74, 6) is -0.345. The Bertz CT molecular complexity index is 5500. The zero-order valence-corrected chi connectivity index (χ0v) is 53.1. The minimum absolute atomic E-state index is 0.271. The SMILES string of the molecule is C=Cc1ccc(Oc2ccc(C3(c4ccc(F)cc4)c4ccccc4-c4ccc(N(c5ccc(-c6ccc(N7c8ccc9c(c8)C(c8ccc(F)cc8)(c8ccccc8-9)c8ccc(Oc9ccc(C=C)cc9)cc8-c8cccc(F)c87)cc6)cc5)c5c(F)cccc5F)cc43)cc2)cc1. The highest BCUT2D eigenvalue weighted by atomic mass is 19.1. The number of nitrogens with zero attached hydrogens (tertiary/aromatic N) is 2. The van der Waals surface area contributed by atoms with Gasteiger partial charge in [-0.25, -0.2) is 22.0 Å². The van der Waals surface area contributed by atoms with Crippen molar-refractivity contribution in [3.05, 3.63) is 407 Å². The molecule has 1 heterocycles. The molecule has 3 aliphatic rings. The van der Waals surface area contributed by atoms with Gasteiger partial charge in [0.05, 0.1) is 16.5 Å². The van der Waals surface area contributed by atoms with Gasteiger partial charge in [0.15, 0.2) is 0 Å². The Morgan fingerprint density at radius 2 is 0.737 bits per heavy atom. The van der Waals surface area contributed by atoms with E-state index in [1.165, 1.54) is 48.5 Å². The second kappa shape index (κ2) is 23.9. The Hall–Kier alpha value is -12.6. The summed E-state index contributed by atoms with van der Waals surface area (Å²) in [4.78, 5) is 3.57. The van der Waals surface area contributed by atoms with E-state index >= 15 is 22.0 Å². The summed E-state index contributed by atoms with van der Waals surface area (Å²) in [6, 6.07) is 95.4. The molecule has 2 unspecified atom stereocenters. The van der Waals surface area contributed by atoms with Crippen LogP contribution in [-0.4, -0.2) is 0 Å². The van der Waals surface area contributed by atoms with Crippen LogP contribution in [0.1, 0.15) is 55.6 Å². The lowest BCUT2D eigenvalue weighted by molar-refractivity contribution is 0.482. The van der Waals surface area contributed by atoms with Crippen molar-refractivity contribution >= 4 is 46.3 Å². The molecule has 0 spiro atoms. The Balaban J connectivity index is 0.778. The fourth-order valence-corrected chi connectivity index (χ4v) is 15.4. The van der Waals surface area contributed by atoms with E-state index in [4.69, 9.17) is 9.47 Å². The van der Waals surface area contributed by atoms with Crippen LogP contribution in [-0.2, 0) is 10.8 Å². The standard InChI is InChI=1S/C90H57F5N2O2/c1-3-56-19-43-69(44-20-56)98-71-47-31-61(32-48-71)89(60-27-33-63(91)34-28-60)79-14-7-5-11-73(79)75-50-42-68(53-82(75)89)97(88-85(94)17-10-18-86(88)95)66-39-25-59(26-40-66)58-23-37-65(38-24-58)96-67-41-51-76-74-12-6-8-15-80(74)90(83(76)54-67,62-29-35-64(92)36-30-62)81-52-49-72(99-70-45-21-57(4-2)22-46-70)55-78(81)77-13-9-16-84(93)87(77)96/h3-55H,1-2H2. The Labute approximate surface area is 570 Å². The van der Waals surface area contributed by atoms with Gasteiger partial charge >= 0.3 is 0 Å². The van der Waals surface area contributed by atoms with Crippen LogP contribution in [0.15, 0.2) is 323 Å². The second-order valence-electron chi connectivity index (χ2n) is 25.0. The fraction of sp³-hybridized carbons (Fsp3) is 0.0222. The summed E-state index contributed by atoms with van der Waals surface area (Å²) in [5.41, 5.74) is 16.1. The zero-order valence-electron chi connectivity index (χ0n) is 53.1. The topological polar surface area (TPSA) is 24.9 Å². The maximum absolute atomic E-state index is 17.7. The first-order chi connectivity index (χ1) is 48.5. The lowest BCUT2D eigenvalue weighted by Crippen LogP contribution is -2.29. The number of hydrogen-bond acceptors (Lipinski definition) is 4. The van der Waals surface area contributed by atoms with Crippen LogP contribution in [0.3, 0.4) is 0 Å². The maximum atomic E-state index is 17.7. The van der Waals surface area contributed by atoms with E-state index in [-0.39, 0.29) is 11.5 Å². The molecule has 99 heavy (non-hydrogen) atoms. The van der Waals surface area contributed by atoms with Crippen LogP contribution in [0.5, 0.6) is 23.0 Å². The smallest absolute Gasteiger partial charge is 0.150 e. The van der Waals surface area contributed by atoms with Crippen LogP contribution >= 0.6 is 0 Å². The molecule has 0 aromatic heterocycles. The van der Waals surface area contributed by atoms with Gasteiger partial charge < -0.3 is 19.3 Å². The number of ether oxygens (including phenoxy) is 2. The molecule has 2 bridgehead atoms. The molecule has 474 valence electrons. The third-order valence-corrected chi connectivity index (χ3v) is 19.8. The van der Waals surface area contributed by atoms with E-state index in [1.807, 2.05) is 205 Å². The van der Waals surface area contributed by atoms with Crippen LogP contribution < -0.4 is 19.3 Å². The summed E-state index contributed by atoms with van der Waals surface area (Å²) >= 11 is 0. The van der Waals surface area contributed by atoms with Crippen LogP contribution in [0.4, 0.5) is 56.1 Å². The molecular formula is C90H57F5N2O2. The van der Waals surface area contributed by atoms with Crippen molar-refractivity contribution in [2.24, 2.45) is 0 Å². The van der Waals surface area contributed by atoms with E-state index < -0.39 is 34.1 Å². The van der Waals surface area contributed by atoms with E-state index in [9.17, 15) is 0 Å². The average molecular weight is 1290 g/mol. The molecule has 0 saturated carbocycles. The highest BCUT2D eigenvalue weighted by Gasteiger charge is 2.50. The van der Waals surface area contributed by atoms with Gasteiger partial charge in [-0.05, 0) is 234 Å². The molecule has 0 saturated heterocycles. The zero-order chi connectivity index (χ0) is 67.1. The molecule has 17 rings (SSSR count). The van der Waals surface area contributed by atoms with Crippen molar-refractivity contribution in [2.75, 3.05) is 9.80 Å². The number of para-hydroxylation sites is 2. The Morgan fingerprint density at radius 1 is 0.313 bits per heavy atom. The monoisotopic (exact) mass is 1290 g/mol. The van der Waals surface area contributed by atoms with Crippen molar-refractivity contribution < 1.29 is 31.4 Å². The number of benzene rings is 14. The van der Waals surface area contributed by atoms with E-state index in [2.05, 4.69) is 55.6 Å². The first kappa shape index (κ1) is 60.1. The number of hydrogen-bond donors (Lipinski definition) is 0. The predicted octanol–water partition coefficient (Wildman–Crippen LogP) is 24.6. The predicted molar refractivity (Wildman–Crippen MR) is 388 cm³/mol. The molecule has 2 aliphatic carbocycles. The van der Waals surface area contributed by atoms with Crippen LogP contribution in [0.2, 0.25) is 0 Å². The maximum Gasteiger partial charge on any atom is 0.150 e. The lowest BCUT2D eigenvalue weighted by Gasteiger charge is -2.35. The van der Waals surface area contributed by atoms with E-state index in [0.29, 0.717) is 62.6 Å². The van der Waals surface area contributed by atoms with Gasteiger partial charge in [-0.1, -0.05) is 195 Å². The van der Waals surface area contributed by atoms with Gasteiger partial charge in [0.1, 0.15) is 57.8 Å². The number of halogens is 5. The second-order valence-corrected chi connectivity index (χ2v) is 25.0. The minimum atomic E-state index is -1.04. The van der Waals surface area contributed by atoms with E-state index in [0.717, 1.165) is 89.0 Å². The van der Waals surface area contributed by atoms with Gasteiger partial charge in [-0.2, -0.15) is 0 Å². The van der Waals surface area contributed by atoms with Crippen molar-refractivity contribution in [3.63, 3.8) is 0 Å². The van der Waals surface area contributed by atoms with Crippen molar-refractivity contribution in [3.8, 4) is 67.5 Å². The van der Waals surface area contributed by atoms with Gasteiger partial charge in [0.2, 0.25) is 0 Å². The largest absolute Gasteiger partial charge is 0.457 e. The van der Waals surface area contributed by atoms with Gasteiger partial charge in [-0.15, -0.1) is 0 Å². The molecule has 0 radical (unpaired) electrons. The van der Waals surface area contributed by atoms with Crippen LogP contribution in [0, 0.1) is 29.1 Å². The van der Waals surface area contributed by atoms with Crippen molar-refractivity contribution in [2.45, 2.75) is 10.8 Å². The molecule has 0 N–H and O–H groups in total. The molecule has 4 nitrogen and oxygen atoms in total. The lowest BCUT2D eigenvalue weighted by atomic mass is 9.66. The molecule has 1 aliphatic heterocycles. The quantitative estimate of drug-likeness (QED) is 0.101. The Morgan fingerprint density at radius 3 is 1.32 bits per heavy atom. The summed E-state index contributed by atoms with van der Waals surface area (Å²) in [5, 5.41) is 0. The molecule has 0 fully saturated rings. The molecule has 9 heteroatoms. The number of fused-ring (bicyclic) bond motifs is 11. The number of anilines is 6. The first-order valence-electron chi connectivity index (χ1n) is 32.6. The molecule has 14 aromatic rings. The number of rotatable bonds is 14. The highest BCUT2D eigenvalue weighted by molar-refractivity contribution is 5.98. The summed E-state index contributed by atoms with van der Waals surface area (Å²) in [6.45, 7) is 7.79. The minimum Gasteiger partial charge on any atom is -0.457 e. The third-order valence-electron chi connectivity index (χ3n) is 19.8. The van der Waals surface area contributed by atoms with Gasteiger partial charge in [0, 0.05) is 28.3 Å². The van der Waals surface area contributed by atoms with Crippen LogP contribution in [0.25, 0.3) is 56.7 Å². The molecule has 2 atom stereocenters. The summed E-state index contributed by atoms with van der Waals surface area (Å²) < 4.78 is 94.4. The average Bonchev–Trinajstić information content (AvgIpc) is 1.55. The molecule has 14 aromatic carbocycles. The van der Waals surface area contributed by atoms with Gasteiger partial charge in [0.25, 0.3) is 0 Å². The third kappa shape index (κ3) is 9.79. The normalized spacial score (nSPS) is 15.1. The molecular weight excluding hydrogens is 1240 g/mol. The first-order valence-corrected chi connectivity index (χ1v) is 32.6. The molecule has 0 amide bonds. The van der Waals surface area contributed by atoms with Crippen molar-refractivity contribution in [1.29, 1.82) is 0 Å². The summed E-state index contributed by atoms with van der Waals surface area (Å²) in [6.07, 6.45) is 3.55. The van der Waals surface area contributed by atoms with Gasteiger partial charge in [-0.3, -0.25) is 0 Å².